The van der Waals surface area contributed by atoms with Gasteiger partial charge in [0.25, 0.3) is 0 Å². The maximum absolute atomic E-state index is 9.66. The summed E-state index contributed by atoms with van der Waals surface area (Å²) in [5.41, 5.74) is 8.72. The molecule has 0 unspecified atom stereocenters. The fourth-order valence-electron chi connectivity index (χ4n) is 3.18. The Morgan fingerprint density at radius 2 is 1.84 bits per heavy atom. The molecule has 5 heteroatoms. The summed E-state index contributed by atoms with van der Waals surface area (Å²) in [6.45, 7) is 0. The zero-order valence-electron chi connectivity index (χ0n) is 14.0. The topological polar surface area (TPSA) is 62.3 Å². The Balaban J connectivity index is 1.92. The first kappa shape index (κ1) is 15.6. The van der Waals surface area contributed by atoms with E-state index < -0.39 is 0 Å². The van der Waals surface area contributed by atoms with E-state index in [0.29, 0.717) is 5.57 Å². The van der Waals surface area contributed by atoms with Crippen LogP contribution in [-0.2, 0) is 0 Å². The molecule has 2 N–H and O–H groups in total. The van der Waals surface area contributed by atoms with Crippen LogP contribution < -0.4 is 15.4 Å². The summed E-state index contributed by atoms with van der Waals surface area (Å²) in [5, 5.41) is 10.7. The molecule has 0 amide bonds. The molecule has 1 aliphatic rings. The Morgan fingerprint density at radius 1 is 1.12 bits per heavy atom. The lowest BCUT2D eigenvalue weighted by Gasteiger charge is -2.24. The lowest BCUT2D eigenvalue weighted by atomic mass is 9.88. The fraction of sp³-hybridized carbons (Fsp3) is 0.150. The molecule has 1 aromatic heterocycles. The molecule has 0 radical (unpaired) electrons. The zero-order chi connectivity index (χ0) is 17.6. The van der Waals surface area contributed by atoms with Gasteiger partial charge in [-0.2, -0.15) is 5.26 Å². The summed E-state index contributed by atoms with van der Waals surface area (Å²) >= 11 is 1.66. The number of allylic oxidation sites excluding steroid dienone is 1. The van der Waals surface area contributed by atoms with Crippen molar-refractivity contribution in [3.8, 4) is 11.8 Å². The van der Waals surface area contributed by atoms with Gasteiger partial charge in [0.15, 0.2) is 5.75 Å². The molecular weight excluding hydrogens is 330 g/mol. The van der Waals surface area contributed by atoms with Crippen LogP contribution in [0.15, 0.2) is 60.0 Å². The SMILES string of the molecule is CN(C)c1ccc([C@H]2C(C#N)=C(N)Oc3c2sc2ccccc32)cc1. The van der Waals surface area contributed by atoms with E-state index in [9.17, 15) is 5.26 Å². The minimum Gasteiger partial charge on any atom is -0.439 e. The molecule has 2 aromatic carbocycles. The molecule has 0 spiro atoms. The Hall–Kier alpha value is -2.97. The van der Waals surface area contributed by atoms with Crippen molar-refractivity contribution in [2.75, 3.05) is 19.0 Å². The van der Waals surface area contributed by atoms with E-state index in [2.05, 4.69) is 36.4 Å². The van der Waals surface area contributed by atoms with Crippen LogP contribution in [0, 0.1) is 11.3 Å². The van der Waals surface area contributed by atoms with Crippen LogP contribution in [0.4, 0.5) is 5.69 Å². The average Bonchev–Trinajstić information content (AvgIpc) is 2.99. The monoisotopic (exact) mass is 347 g/mol. The molecule has 0 saturated carbocycles. The van der Waals surface area contributed by atoms with E-state index in [1.165, 1.54) is 0 Å². The molecule has 4 rings (SSSR count). The minimum absolute atomic E-state index is 0.192. The van der Waals surface area contributed by atoms with E-state index in [1.807, 2.05) is 37.2 Å². The molecule has 4 nitrogen and oxygen atoms in total. The van der Waals surface area contributed by atoms with Gasteiger partial charge in [0.2, 0.25) is 5.88 Å². The average molecular weight is 347 g/mol. The Bertz CT molecular complexity index is 1030. The zero-order valence-corrected chi connectivity index (χ0v) is 14.8. The van der Waals surface area contributed by atoms with Gasteiger partial charge in [-0.15, -0.1) is 11.3 Å². The Labute approximate surface area is 150 Å². The van der Waals surface area contributed by atoms with Crippen molar-refractivity contribution < 1.29 is 4.74 Å². The second-order valence-corrected chi connectivity index (χ2v) is 7.29. The standard InChI is InChI=1S/C20H17N3OS/c1-23(2)13-9-7-12(8-10-13)17-15(11-21)20(22)24-18-14-5-3-4-6-16(14)25-19(17)18/h3-10,17H,22H2,1-2H3/t17-/m0/s1. The number of fused-ring (bicyclic) bond motifs is 3. The molecule has 2 heterocycles. The highest BCUT2D eigenvalue weighted by atomic mass is 32.1. The molecular formula is C20H17N3OS. The summed E-state index contributed by atoms with van der Waals surface area (Å²) in [6, 6.07) is 18.6. The Kier molecular flexibility index (Phi) is 3.63. The fourth-order valence-corrected chi connectivity index (χ4v) is 4.45. The van der Waals surface area contributed by atoms with E-state index in [0.717, 1.165) is 32.0 Å². The highest BCUT2D eigenvalue weighted by Crippen LogP contribution is 2.50. The van der Waals surface area contributed by atoms with Gasteiger partial charge in [-0.05, 0) is 29.8 Å². The van der Waals surface area contributed by atoms with Crippen molar-refractivity contribution in [2.45, 2.75) is 5.92 Å². The van der Waals surface area contributed by atoms with Crippen LogP contribution in [0.25, 0.3) is 10.1 Å². The van der Waals surface area contributed by atoms with E-state index >= 15 is 0 Å². The van der Waals surface area contributed by atoms with Crippen LogP contribution >= 0.6 is 11.3 Å². The van der Waals surface area contributed by atoms with Gasteiger partial charge in [-0.3, -0.25) is 0 Å². The van der Waals surface area contributed by atoms with Crippen molar-refractivity contribution in [2.24, 2.45) is 5.73 Å². The van der Waals surface area contributed by atoms with E-state index in [4.69, 9.17) is 10.5 Å². The first-order valence-corrected chi connectivity index (χ1v) is 8.78. The predicted molar refractivity (Wildman–Crippen MR) is 102 cm³/mol. The number of nitrogens with two attached hydrogens (primary N) is 1. The quantitative estimate of drug-likeness (QED) is 0.755. The number of hydrogen-bond acceptors (Lipinski definition) is 5. The van der Waals surface area contributed by atoms with Crippen molar-refractivity contribution in [1.29, 1.82) is 5.26 Å². The molecule has 1 aliphatic heterocycles. The number of rotatable bonds is 2. The van der Waals surface area contributed by atoms with Gasteiger partial charge < -0.3 is 15.4 Å². The number of thiophene rings is 1. The van der Waals surface area contributed by atoms with Gasteiger partial charge in [-0.1, -0.05) is 24.3 Å². The summed E-state index contributed by atoms with van der Waals surface area (Å²) in [6.07, 6.45) is 0. The van der Waals surface area contributed by atoms with Crippen molar-refractivity contribution in [1.82, 2.24) is 0 Å². The first-order valence-electron chi connectivity index (χ1n) is 7.96. The number of ether oxygens (including phenoxy) is 1. The number of benzene rings is 2. The first-order chi connectivity index (χ1) is 12.1. The molecule has 0 bridgehead atoms. The number of hydrogen-bond donors (Lipinski definition) is 1. The van der Waals surface area contributed by atoms with Crippen molar-refractivity contribution in [3.05, 3.63) is 70.4 Å². The molecule has 0 aliphatic carbocycles. The molecule has 0 saturated heterocycles. The minimum atomic E-state index is -0.192. The molecule has 0 fully saturated rings. The second kappa shape index (κ2) is 5.83. The summed E-state index contributed by atoms with van der Waals surface area (Å²) in [5.74, 6) is 0.779. The molecule has 1 atom stereocenters. The predicted octanol–water partition coefficient (Wildman–Crippen LogP) is 4.19. The third-order valence-corrected chi connectivity index (χ3v) is 5.68. The summed E-state index contributed by atoms with van der Waals surface area (Å²) < 4.78 is 6.97. The van der Waals surface area contributed by atoms with Gasteiger partial charge in [0, 0.05) is 29.9 Å². The molecule has 3 aromatic rings. The van der Waals surface area contributed by atoms with Gasteiger partial charge in [-0.25, -0.2) is 0 Å². The van der Waals surface area contributed by atoms with Crippen LogP contribution in [0.1, 0.15) is 16.4 Å². The maximum Gasteiger partial charge on any atom is 0.205 e. The lowest BCUT2D eigenvalue weighted by molar-refractivity contribution is 0.401. The largest absolute Gasteiger partial charge is 0.439 e. The van der Waals surface area contributed by atoms with Crippen molar-refractivity contribution in [3.63, 3.8) is 0 Å². The van der Waals surface area contributed by atoms with Crippen LogP contribution in [0.5, 0.6) is 5.75 Å². The Morgan fingerprint density at radius 3 is 2.52 bits per heavy atom. The summed E-state index contributed by atoms with van der Waals surface area (Å²) in [4.78, 5) is 3.08. The van der Waals surface area contributed by atoms with E-state index in [-0.39, 0.29) is 11.8 Å². The summed E-state index contributed by atoms with van der Waals surface area (Å²) in [7, 11) is 4.01. The highest BCUT2D eigenvalue weighted by Gasteiger charge is 2.33. The van der Waals surface area contributed by atoms with E-state index in [1.54, 1.807) is 11.3 Å². The highest BCUT2D eigenvalue weighted by molar-refractivity contribution is 7.19. The third-order valence-electron chi connectivity index (χ3n) is 4.47. The molecule has 25 heavy (non-hydrogen) atoms. The number of nitriles is 1. The van der Waals surface area contributed by atoms with Gasteiger partial charge in [0.1, 0.15) is 11.6 Å². The smallest absolute Gasteiger partial charge is 0.205 e. The van der Waals surface area contributed by atoms with Crippen LogP contribution in [0.3, 0.4) is 0 Å². The third kappa shape index (κ3) is 2.43. The second-order valence-electron chi connectivity index (χ2n) is 6.20. The molecule has 124 valence electrons. The number of anilines is 1. The lowest BCUT2D eigenvalue weighted by Crippen LogP contribution is -2.19. The number of nitrogens with zero attached hydrogens (tertiary/aromatic N) is 2. The normalized spacial score (nSPS) is 16.3. The van der Waals surface area contributed by atoms with Gasteiger partial charge in [0.05, 0.1) is 10.8 Å². The van der Waals surface area contributed by atoms with Crippen LogP contribution in [-0.4, -0.2) is 14.1 Å². The van der Waals surface area contributed by atoms with Gasteiger partial charge >= 0.3 is 0 Å². The maximum atomic E-state index is 9.66. The van der Waals surface area contributed by atoms with Crippen molar-refractivity contribution >= 4 is 27.1 Å². The van der Waals surface area contributed by atoms with Crippen LogP contribution in [0.2, 0.25) is 0 Å².